The van der Waals surface area contributed by atoms with Crippen molar-refractivity contribution in [3.8, 4) is 5.75 Å². The Balaban J connectivity index is 1.56. The summed E-state index contributed by atoms with van der Waals surface area (Å²) in [6, 6.07) is 13.2. The molecule has 0 bridgehead atoms. The molecule has 0 N–H and O–H groups in total. The fraction of sp³-hybridized carbons (Fsp3) is 0.517. The molecule has 1 unspecified atom stereocenters. The molecule has 1 atom stereocenters. The van der Waals surface area contributed by atoms with Crippen LogP contribution in [-0.2, 0) is 25.9 Å². The van der Waals surface area contributed by atoms with E-state index in [2.05, 4.69) is 18.7 Å². The fourth-order valence-corrected chi connectivity index (χ4v) is 6.41. The molecule has 41 heavy (non-hydrogen) atoms. The van der Waals surface area contributed by atoms with Gasteiger partial charge in [-0.2, -0.15) is 13.2 Å². The molecule has 1 spiro atoms. The van der Waals surface area contributed by atoms with Gasteiger partial charge in [-0.15, -0.1) is 0 Å². The van der Waals surface area contributed by atoms with E-state index in [-0.39, 0.29) is 17.0 Å². The highest BCUT2D eigenvalue weighted by Gasteiger charge is 2.55. The average Bonchev–Trinajstić information content (AvgIpc) is 3.25. The maximum absolute atomic E-state index is 13.6. The molecule has 1 amide bonds. The van der Waals surface area contributed by atoms with Gasteiger partial charge in [-0.3, -0.25) is 9.69 Å². The van der Waals surface area contributed by atoms with Gasteiger partial charge in [0.2, 0.25) is 0 Å². The summed E-state index contributed by atoms with van der Waals surface area (Å²) in [6.45, 7) is 6.29. The van der Waals surface area contributed by atoms with Crippen LogP contribution in [0.2, 0.25) is 0 Å². The van der Waals surface area contributed by atoms with Crippen molar-refractivity contribution in [2.24, 2.45) is 11.3 Å². The number of para-hydroxylation sites is 1. The monoisotopic (exact) mass is 596 g/mol. The number of alkyl halides is 3. The van der Waals surface area contributed by atoms with Crippen molar-refractivity contribution in [1.29, 1.82) is 0 Å². The number of esters is 1. The Morgan fingerprint density at radius 1 is 1.00 bits per heavy atom. The van der Waals surface area contributed by atoms with E-state index in [4.69, 9.17) is 9.47 Å². The third kappa shape index (κ3) is 7.03. The Bertz CT molecular complexity index is 1370. The molecule has 4 rings (SSSR count). The van der Waals surface area contributed by atoms with Crippen LogP contribution >= 0.6 is 0 Å². The summed E-state index contributed by atoms with van der Waals surface area (Å²) >= 11 is 0. The molecule has 2 aromatic rings. The van der Waals surface area contributed by atoms with Crippen LogP contribution in [0.4, 0.5) is 13.2 Å². The predicted molar refractivity (Wildman–Crippen MR) is 145 cm³/mol. The number of likely N-dealkylation sites (tertiary alicyclic amines) is 2. The molecule has 0 radical (unpaired) electrons. The molecule has 2 aromatic carbocycles. The molecule has 2 saturated heterocycles. The fourth-order valence-electron chi connectivity index (χ4n) is 5.53. The second-order valence-corrected chi connectivity index (χ2v) is 13.2. The molecule has 8 nitrogen and oxygen atoms in total. The zero-order valence-corrected chi connectivity index (χ0v) is 24.1. The number of hydrogen-bond acceptors (Lipinski definition) is 7. The average molecular weight is 597 g/mol. The quantitative estimate of drug-likeness (QED) is 0.409. The van der Waals surface area contributed by atoms with E-state index in [1.165, 1.54) is 24.3 Å². The summed E-state index contributed by atoms with van der Waals surface area (Å²) in [5.74, 6) is -2.04. The van der Waals surface area contributed by atoms with E-state index in [0.29, 0.717) is 51.4 Å². The van der Waals surface area contributed by atoms with E-state index < -0.39 is 39.5 Å². The van der Waals surface area contributed by atoms with Gasteiger partial charge in [0.05, 0.1) is 17.1 Å². The third-order valence-corrected chi connectivity index (χ3v) is 8.83. The Labute approximate surface area is 238 Å². The van der Waals surface area contributed by atoms with E-state index in [1.54, 1.807) is 0 Å². The number of nitrogens with zero attached hydrogens (tertiary/aromatic N) is 2. The number of rotatable bonds is 8. The highest BCUT2D eigenvalue weighted by Crippen LogP contribution is 2.47. The molecule has 0 saturated carbocycles. The van der Waals surface area contributed by atoms with Crippen molar-refractivity contribution in [3.05, 3.63) is 59.7 Å². The standard InChI is InChI=1S/C29H35F3N2O6S/c1-20(2)19-39-23-10-6-4-8-21(23)18-33-15-12-28(13-16-33)14-17-34(26(28)40-27(36)29(30,31)32)25(35)22-9-5-7-11-24(22)41(3,37)38/h4-11,20,26H,12-19H2,1-3H3. The Morgan fingerprint density at radius 2 is 1.61 bits per heavy atom. The zero-order chi connectivity index (χ0) is 30.0. The van der Waals surface area contributed by atoms with Gasteiger partial charge in [0.15, 0.2) is 16.1 Å². The minimum atomic E-state index is -5.25. The number of piperidine rings is 1. The summed E-state index contributed by atoms with van der Waals surface area (Å²) in [7, 11) is -3.81. The molecule has 12 heteroatoms. The first-order valence-corrected chi connectivity index (χ1v) is 15.4. The lowest BCUT2D eigenvalue weighted by atomic mass is 9.76. The lowest BCUT2D eigenvalue weighted by Gasteiger charge is -2.43. The van der Waals surface area contributed by atoms with Crippen LogP contribution in [0.5, 0.6) is 5.75 Å². The van der Waals surface area contributed by atoms with Gasteiger partial charge in [-0.25, -0.2) is 13.2 Å². The molecule has 2 fully saturated rings. The second-order valence-electron chi connectivity index (χ2n) is 11.2. The normalized spacial score (nSPS) is 19.5. The molecule has 2 heterocycles. The van der Waals surface area contributed by atoms with Gasteiger partial charge in [-0.05, 0) is 56.5 Å². The van der Waals surface area contributed by atoms with E-state index in [9.17, 15) is 31.2 Å². The first-order chi connectivity index (χ1) is 19.2. The van der Waals surface area contributed by atoms with E-state index >= 15 is 0 Å². The van der Waals surface area contributed by atoms with Gasteiger partial charge >= 0.3 is 12.1 Å². The summed E-state index contributed by atoms with van der Waals surface area (Å²) < 4.78 is 75.6. The highest BCUT2D eigenvalue weighted by molar-refractivity contribution is 7.90. The van der Waals surface area contributed by atoms with Crippen molar-refractivity contribution in [1.82, 2.24) is 9.80 Å². The summed E-state index contributed by atoms with van der Waals surface area (Å²) in [4.78, 5) is 28.6. The number of carbonyl (C=O) groups excluding carboxylic acids is 2. The number of amides is 1. The molecule has 2 aliphatic heterocycles. The topological polar surface area (TPSA) is 93.2 Å². The number of sulfone groups is 1. The van der Waals surface area contributed by atoms with Crippen molar-refractivity contribution in [2.45, 2.75) is 57.0 Å². The molecule has 0 aromatic heterocycles. The molecule has 224 valence electrons. The molecular weight excluding hydrogens is 561 g/mol. The summed E-state index contributed by atoms with van der Waals surface area (Å²) in [6.07, 6.45) is -4.69. The van der Waals surface area contributed by atoms with Crippen LogP contribution in [0.15, 0.2) is 53.4 Å². The smallest absolute Gasteiger partial charge is 0.491 e. The van der Waals surface area contributed by atoms with Crippen LogP contribution in [0.1, 0.15) is 49.0 Å². The van der Waals surface area contributed by atoms with Crippen LogP contribution in [0.25, 0.3) is 0 Å². The number of ether oxygens (including phenoxy) is 2. The van der Waals surface area contributed by atoms with Gasteiger partial charge in [0, 0.05) is 30.3 Å². The number of hydrogen-bond donors (Lipinski definition) is 0. The van der Waals surface area contributed by atoms with Crippen LogP contribution in [-0.4, -0.2) is 75.0 Å². The highest BCUT2D eigenvalue weighted by atomic mass is 32.2. The van der Waals surface area contributed by atoms with Crippen molar-refractivity contribution >= 4 is 21.7 Å². The van der Waals surface area contributed by atoms with Crippen molar-refractivity contribution in [2.75, 3.05) is 32.5 Å². The maximum atomic E-state index is 13.6. The lowest BCUT2D eigenvalue weighted by molar-refractivity contribution is -0.217. The minimum absolute atomic E-state index is 0.0264. The van der Waals surface area contributed by atoms with Crippen molar-refractivity contribution in [3.63, 3.8) is 0 Å². The molecule has 2 aliphatic rings. The third-order valence-electron chi connectivity index (χ3n) is 7.68. The van der Waals surface area contributed by atoms with Gasteiger partial charge in [-0.1, -0.05) is 44.2 Å². The SMILES string of the molecule is CC(C)COc1ccccc1CN1CCC2(CC1)CCN(C(=O)c1ccccc1S(C)(=O)=O)C2OC(=O)C(F)(F)F. The zero-order valence-electron chi connectivity index (χ0n) is 23.3. The first-order valence-electron chi connectivity index (χ1n) is 13.5. The number of benzene rings is 2. The van der Waals surface area contributed by atoms with Crippen LogP contribution in [0, 0.1) is 11.3 Å². The Hall–Kier alpha value is -3.12. The number of carbonyl (C=O) groups is 2. The molecular formula is C29H35F3N2O6S. The predicted octanol–water partition coefficient (Wildman–Crippen LogP) is 4.68. The van der Waals surface area contributed by atoms with E-state index in [0.717, 1.165) is 22.5 Å². The minimum Gasteiger partial charge on any atom is -0.493 e. The Morgan fingerprint density at radius 3 is 2.24 bits per heavy atom. The van der Waals surface area contributed by atoms with Crippen molar-refractivity contribution < 1.29 is 40.7 Å². The maximum Gasteiger partial charge on any atom is 0.491 e. The van der Waals surface area contributed by atoms with Crippen LogP contribution in [0.3, 0.4) is 0 Å². The second kappa shape index (κ2) is 12.0. The van der Waals surface area contributed by atoms with Gasteiger partial charge in [0.1, 0.15) is 5.75 Å². The first kappa shape index (κ1) is 30.8. The lowest BCUT2D eigenvalue weighted by Crippen LogP contribution is -2.51. The molecule has 0 aliphatic carbocycles. The largest absolute Gasteiger partial charge is 0.493 e. The van der Waals surface area contributed by atoms with E-state index in [1.807, 2.05) is 24.3 Å². The van der Waals surface area contributed by atoms with Gasteiger partial charge in [0.25, 0.3) is 5.91 Å². The Kier molecular flexibility index (Phi) is 9.03. The van der Waals surface area contributed by atoms with Gasteiger partial charge < -0.3 is 14.4 Å². The summed E-state index contributed by atoms with van der Waals surface area (Å²) in [5, 5.41) is 0. The summed E-state index contributed by atoms with van der Waals surface area (Å²) in [5.41, 5.74) is -0.0823. The number of halogens is 3. The van der Waals surface area contributed by atoms with Crippen LogP contribution < -0.4 is 4.74 Å².